The molecule has 2 amide bonds. The third-order valence-corrected chi connectivity index (χ3v) is 4.10. The van der Waals surface area contributed by atoms with Crippen molar-refractivity contribution in [3.8, 4) is 0 Å². The number of hydrogen-bond acceptors (Lipinski definition) is 2. The lowest BCUT2D eigenvalue weighted by atomic mass is 9.78. The molecule has 0 aromatic carbocycles. The molecule has 114 valence electrons. The standard InChI is InChI=1S/C15H26N2O3/c1-3-4-8-11-16-14(20)17(2)15(12-13(18)19)9-6-5-7-10-15/h3-4H,5-12H2,1-2H3,(H,16,20)(H,18,19)/b4-3+. The highest BCUT2D eigenvalue weighted by Crippen LogP contribution is 2.35. The normalized spacial score (nSPS) is 17.9. The number of nitrogens with one attached hydrogen (secondary N) is 1. The lowest BCUT2D eigenvalue weighted by molar-refractivity contribution is -0.140. The molecule has 0 unspecified atom stereocenters. The smallest absolute Gasteiger partial charge is 0.317 e. The number of carbonyl (C=O) groups is 2. The zero-order valence-corrected chi connectivity index (χ0v) is 12.5. The predicted octanol–water partition coefficient (Wildman–Crippen LogP) is 2.77. The Morgan fingerprint density at radius 3 is 2.50 bits per heavy atom. The van der Waals surface area contributed by atoms with Crippen LogP contribution in [0.3, 0.4) is 0 Å². The number of nitrogens with zero attached hydrogens (tertiary/aromatic N) is 1. The summed E-state index contributed by atoms with van der Waals surface area (Å²) in [6.07, 6.45) is 9.42. The van der Waals surface area contributed by atoms with E-state index in [4.69, 9.17) is 5.11 Å². The van der Waals surface area contributed by atoms with Crippen LogP contribution >= 0.6 is 0 Å². The van der Waals surface area contributed by atoms with Gasteiger partial charge >= 0.3 is 12.0 Å². The van der Waals surface area contributed by atoms with Crippen LogP contribution in [0.25, 0.3) is 0 Å². The molecule has 2 N–H and O–H groups in total. The first-order valence-corrected chi connectivity index (χ1v) is 7.36. The van der Waals surface area contributed by atoms with Crippen LogP contribution in [0.2, 0.25) is 0 Å². The molecule has 1 fully saturated rings. The number of rotatable bonds is 6. The van der Waals surface area contributed by atoms with E-state index in [2.05, 4.69) is 5.32 Å². The summed E-state index contributed by atoms with van der Waals surface area (Å²) in [5.74, 6) is -0.833. The number of hydrogen-bond donors (Lipinski definition) is 2. The van der Waals surface area contributed by atoms with Crippen molar-refractivity contribution in [2.45, 2.75) is 57.4 Å². The fourth-order valence-corrected chi connectivity index (χ4v) is 2.89. The van der Waals surface area contributed by atoms with Gasteiger partial charge in [-0.1, -0.05) is 31.4 Å². The Morgan fingerprint density at radius 1 is 1.30 bits per heavy atom. The Balaban J connectivity index is 2.64. The molecule has 1 rings (SSSR count). The number of carboxylic acids is 1. The van der Waals surface area contributed by atoms with Gasteiger partial charge in [-0.3, -0.25) is 4.79 Å². The van der Waals surface area contributed by atoms with Gasteiger partial charge in [-0.25, -0.2) is 4.79 Å². The van der Waals surface area contributed by atoms with Gasteiger partial charge in [0.2, 0.25) is 0 Å². The Kier molecular flexibility index (Phi) is 6.55. The van der Waals surface area contributed by atoms with Gasteiger partial charge in [0.15, 0.2) is 0 Å². The van der Waals surface area contributed by atoms with Crippen LogP contribution < -0.4 is 5.32 Å². The minimum Gasteiger partial charge on any atom is -0.481 e. The van der Waals surface area contributed by atoms with Crippen LogP contribution in [0.1, 0.15) is 51.9 Å². The van der Waals surface area contributed by atoms with Gasteiger partial charge < -0.3 is 15.3 Å². The summed E-state index contributed by atoms with van der Waals surface area (Å²) in [7, 11) is 1.72. The van der Waals surface area contributed by atoms with E-state index < -0.39 is 11.5 Å². The average Bonchev–Trinajstić information content (AvgIpc) is 2.42. The summed E-state index contributed by atoms with van der Waals surface area (Å²) in [4.78, 5) is 24.9. The van der Waals surface area contributed by atoms with Crippen LogP contribution in [0, 0.1) is 0 Å². The highest BCUT2D eigenvalue weighted by Gasteiger charge is 2.40. The first kappa shape index (κ1) is 16.5. The van der Waals surface area contributed by atoms with Crippen molar-refractivity contribution in [1.82, 2.24) is 10.2 Å². The fraction of sp³-hybridized carbons (Fsp3) is 0.733. The highest BCUT2D eigenvalue weighted by atomic mass is 16.4. The van der Waals surface area contributed by atoms with Crippen molar-refractivity contribution in [2.75, 3.05) is 13.6 Å². The number of allylic oxidation sites excluding steroid dienone is 1. The van der Waals surface area contributed by atoms with Gasteiger partial charge in [-0.05, 0) is 26.2 Å². The minimum atomic E-state index is -0.833. The van der Waals surface area contributed by atoms with Gasteiger partial charge in [-0.2, -0.15) is 0 Å². The van der Waals surface area contributed by atoms with Crippen molar-refractivity contribution in [1.29, 1.82) is 0 Å². The molecular formula is C15H26N2O3. The monoisotopic (exact) mass is 282 g/mol. The molecule has 0 aromatic heterocycles. The van der Waals surface area contributed by atoms with E-state index in [1.807, 2.05) is 19.1 Å². The Labute approximate surface area is 121 Å². The predicted molar refractivity (Wildman–Crippen MR) is 78.7 cm³/mol. The Bertz CT molecular complexity index is 360. The Hall–Kier alpha value is -1.52. The molecule has 0 atom stereocenters. The highest BCUT2D eigenvalue weighted by molar-refractivity contribution is 5.76. The molecule has 5 heteroatoms. The fourth-order valence-electron chi connectivity index (χ4n) is 2.89. The zero-order chi connectivity index (χ0) is 15.0. The van der Waals surface area contributed by atoms with Crippen molar-refractivity contribution >= 4 is 12.0 Å². The molecule has 1 aliphatic carbocycles. The molecule has 0 bridgehead atoms. The molecule has 0 aliphatic heterocycles. The van der Waals surface area contributed by atoms with Crippen molar-refractivity contribution in [3.63, 3.8) is 0 Å². The second-order valence-corrected chi connectivity index (χ2v) is 5.50. The molecule has 5 nitrogen and oxygen atoms in total. The van der Waals surface area contributed by atoms with E-state index >= 15 is 0 Å². The van der Waals surface area contributed by atoms with Gasteiger partial charge in [0, 0.05) is 13.6 Å². The summed E-state index contributed by atoms with van der Waals surface area (Å²) >= 11 is 0. The number of urea groups is 1. The number of aliphatic carboxylic acids is 1. The molecule has 1 aliphatic rings. The molecular weight excluding hydrogens is 256 g/mol. The van der Waals surface area contributed by atoms with Crippen molar-refractivity contribution in [3.05, 3.63) is 12.2 Å². The molecule has 0 saturated heterocycles. The first-order chi connectivity index (χ1) is 9.52. The number of carbonyl (C=O) groups excluding carboxylic acids is 1. The van der Waals surface area contributed by atoms with Gasteiger partial charge in [0.1, 0.15) is 0 Å². The maximum absolute atomic E-state index is 12.2. The van der Waals surface area contributed by atoms with E-state index in [0.29, 0.717) is 6.54 Å². The second kappa shape index (κ2) is 7.92. The molecule has 20 heavy (non-hydrogen) atoms. The van der Waals surface area contributed by atoms with Crippen molar-refractivity contribution < 1.29 is 14.7 Å². The molecule has 1 saturated carbocycles. The van der Waals surface area contributed by atoms with Gasteiger partial charge in [-0.15, -0.1) is 0 Å². The van der Waals surface area contributed by atoms with Crippen LogP contribution in [-0.4, -0.2) is 41.1 Å². The van der Waals surface area contributed by atoms with Gasteiger partial charge in [0.05, 0.1) is 12.0 Å². The molecule has 0 aromatic rings. The van der Waals surface area contributed by atoms with E-state index in [-0.39, 0.29) is 12.5 Å². The number of amides is 2. The molecule has 0 radical (unpaired) electrons. The lowest BCUT2D eigenvalue weighted by Crippen LogP contribution is -2.55. The summed E-state index contributed by atoms with van der Waals surface area (Å²) in [6.45, 7) is 2.52. The number of carboxylic acid groups (broad SMARTS) is 1. The summed E-state index contributed by atoms with van der Waals surface area (Å²) in [5.41, 5.74) is -0.519. The largest absolute Gasteiger partial charge is 0.481 e. The maximum atomic E-state index is 12.2. The summed E-state index contributed by atoms with van der Waals surface area (Å²) in [5, 5.41) is 12.0. The van der Waals surface area contributed by atoms with Crippen LogP contribution in [-0.2, 0) is 4.79 Å². The quantitative estimate of drug-likeness (QED) is 0.581. The van der Waals surface area contributed by atoms with Gasteiger partial charge in [0.25, 0.3) is 0 Å². The van der Waals surface area contributed by atoms with E-state index in [0.717, 1.165) is 38.5 Å². The second-order valence-electron chi connectivity index (χ2n) is 5.50. The maximum Gasteiger partial charge on any atom is 0.317 e. The van der Waals surface area contributed by atoms with E-state index in [1.54, 1.807) is 11.9 Å². The van der Waals surface area contributed by atoms with E-state index in [9.17, 15) is 9.59 Å². The third-order valence-electron chi connectivity index (χ3n) is 4.10. The van der Waals surface area contributed by atoms with Crippen LogP contribution in [0.15, 0.2) is 12.2 Å². The molecule has 0 spiro atoms. The van der Waals surface area contributed by atoms with Crippen LogP contribution in [0.4, 0.5) is 4.79 Å². The zero-order valence-electron chi connectivity index (χ0n) is 12.5. The SMILES string of the molecule is C/C=C/CCNC(=O)N(C)C1(CC(=O)O)CCCCC1. The minimum absolute atomic E-state index is 0.0335. The lowest BCUT2D eigenvalue weighted by Gasteiger charge is -2.43. The average molecular weight is 282 g/mol. The summed E-state index contributed by atoms with van der Waals surface area (Å²) in [6, 6.07) is -0.169. The first-order valence-electron chi connectivity index (χ1n) is 7.36. The summed E-state index contributed by atoms with van der Waals surface area (Å²) < 4.78 is 0. The van der Waals surface area contributed by atoms with E-state index in [1.165, 1.54) is 0 Å². The topological polar surface area (TPSA) is 69.6 Å². The molecule has 0 heterocycles. The van der Waals surface area contributed by atoms with Crippen molar-refractivity contribution in [2.24, 2.45) is 0 Å². The van der Waals surface area contributed by atoms with Crippen LogP contribution in [0.5, 0.6) is 0 Å². The Morgan fingerprint density at radius 2 is 1.95 bits per heavy atom. The third kappa shape index (κ3) is 4.54.